The van der Waals surface area contributed by atoms with Gasteiger partial charge in [-0.05, 0) is 47.0 Å². The van der Waals surface area contributed by atoms with Gasteiger partial charge in [-0.25, -0.2) is 0 Å². The maximum absolute atomic E-state index is 12.4. The fraction of sp³-hybridized carbons (Fsp3) is 0.130. The van der Waals surface area contributed by atoms with Crippen LogP contribution >= 0.6 is 0 Å². The quantitative estimate of drug-likeness (QED) is 0.747. The molecule has 0 spiro atoms. The maximum Gasteiger partial charge on any atom is 0.228 e. The minimum Gasteiger partial charge on any atom is -0.489 e. The van der Waals surface area contributed by atoms with E-state index in [1.165, 1.54) is 0 Å². The summed E-state index contributed by atoms with van der Waals surface area (Å²) < 4.78 is 5.82. The number of hydrogen-bond donors (Lipinski definition) is 1. The second-order valence-electron chi connectivity index (χ2n) is 6.57. The summed E-state index contributed by atoms with van der Waals surface area (Å²) in [6.07, 6.45) is 0.722. The molecular formula is C23H18N2O2. The Hall–Kier alpha value is -3.58. The van der Waals surface area contributed by atoms with Crippen LogP contribution in [0, 0.1) is 11.3 Å². The molecule has 1 aliphatic rings. The first-order chi connectivity index (χ1) is 13.2. The molecule has 0 saturated heterocycles. The normalized spacial score (nSPS) is 14.7. The van der Waals surface area contributed by atoms with Crippen LogP contribution < -0.4 is 10.1 Å². The van der Waals surface area contributed by atoms with Gasteiger partial charge < -0.3 is 10.1 Å². The molecule has 1 aliphatic heterocycles. The van der Waals surface area contributed by atoms with E-state index in [1.54, 1.807) is 12.1 Å². The number of rotatable bonds is 4. The number of amides is 1. The van der Waals surface area contributed by atoms with Crippen molar-refractivity contribution in [3.05, 3.63) is 83.9 Å². The highest BCUT2D eigenvalue weighted by atomic mass is 16.5. The molecule has 1 heterocycles. The van der Waals surface area contributed by atoms with Gasteiger partial charge in [0.1, 0.15) is 11.9 Å². The smallest absolute Gasteiger partial charge is 0.228 e. The highest BCUT2D eigenvalue weighted by Gasteiger charge is 2.25. The van der Waals surface area contributed by atoms with Crippen molar-refractivity contribution in [1.29, 1.82) is 5.26 Å². The van der Waals surface area contributed by atoms with Crippen LogP contribution in [-0.4, -0.2) is 12.0 Å². The Morgan fingerprint density at radius 1 is 1.04 bits per heavy atom. The van der Waals surface area contributed by atoms with Crippen LogP contribution in [0.2, 0.25) is 0 Å². The summed E-state index contributed by atoms with van der Waals surface area (Å²) in [5.41, 5.74) is 4.61. The summed E-state index contributed by atoms with van der Waals surface area (Å²) >= 11 is 0. The monoisotopic (exact) mass is 354 g/mol. The highest BCUT2D eigenvalue weighted by molar-refractivity contribution is 5.91. The Morgan fingerprint density at radius 3 is 2.52 bits per heavy atom. The molecule has 4 heteroatoms. The van der Waals surface area contributed by atoms with Crippen molar-refractivity contribution in [3.8, 4) is 22.9 Å². The summed E-state index contributed by atoms with van der Waals surface area (Å²) in [4.78, 5) is 12.4. The number of ether oxygens (including phenoxy) is 1. The van der Waals surface area contributed by atoms with Gasteiger partial charge in [0.05, 0.1) is 18.1 Å². The Kier molecular flexibility index (Phi) is 4.59. The minimum atomic E-state index is -0.197. The van der Waals surface area contributed by atoms with Gasteiger partial charge in [0.15, 0.2) is 0 Å². The van der Waals surface area contributed by atoms with Crippen LogP contribution in [-0.2, 0) is 11.2 Å². The van der Waals surface area contributed by atoms with E-state index in [4.69, 9.17) is 10.00 Å². The minimum absolute atomic E-state index is 0.0826. The average molecular weight is 354 g/mol. The van der Waals surface area contributed by atoms with Crippen LogP contribution in [0.5, 0.6) is 5.75 Å². The lowest BCUT2D eigenvalue weighted by molar-refractivity contribution is -0.117. The Balaban J connectivity index is 1.36. The second-order valence-corrected chi connectivity index (χ2v) is 6.57. The molecule has 1 N–H and O–H groups in total. The zero-order valence-electron chi connectivity index (χ0n) is 14.7. The van der Waals surface area contributed by atoms with E-state index in [2.05, 4.69) is 23.5 Å². The molecule has 0 bridgehead atoms. The van der Waals surface area contributed by atoms with Crippen LogP contribution in [0.3, 0.4) is 0 Å². The Bertz CT molecular complexity index is 1000. The van der Waals surface area contributed by atoms with E-state index in [0.29, 0.717) is 12.0 Å². The third-order valence-electron chi connectivity index (χ3n) is 4.62. The van der Waals surface area contributed by atoms with Gasteiger partial charge in [-0.15, -0.1) is 0 Å². The highest BCUT2D eigenvalue weighted by Crippen LogP contribution is 2.31. The van der Waals surface area contributed by atoms with Crippen molar-refractivity contribution in [1.82, 2.24) is 0 Å². The van der Waals surface area contributed by atoms with E-state index in [1.807, 2.05) is 48.5 Å². The lowest BCUT2D eigenvalue weighted by Gasteiger charge is -2.11. The largest absolute Gasteiger partial charge is 0.489 e. The lowest BCUT2D eigenvalue weighted by Crippen LogP contribution is -2.23. The maximum atomic E-state index is 12.4. The number of fused-ring (bicyclic) bond motifs is 1. The Labute approximate surface area is 158 Å². The molecule has 4 nitrogen and oxygen atoms in total. The average Bonchev–Trinajstić information content (AvgIpc) is 3.10. The molecule has 4 rings (SSSR count). The van der Waals surface area contributed by atoms with E-state index < -0.39 is 0 Å². The topological polar surface area (TPSA) is 62.1 Å². The van der Waals surface area contributed by atoms with Crippen molar-refractivity contribution < 1.29 is 9.53 Å². The summed E-state index contributed by atoms with van der Waals surface area (Å²) in [7, 11) is 0. The summed E-state index contributed by atoms with van der Waals surface area (Å²) in [6, 6.07) is 25.4. The Morgan fingerprint density at radius 2 is 1.78 bits per heavy atom. The predicted molar refractivity (Wildman–Crippen MR) is 104 cm³/mol. The second kappa shape index (κ2) is 7.35. The van der Waals surface area contributed by atoms with Gasteiger partial charge in [-0.2, -0.15) is 5.26 Å². The third kappa shape index (κ3) is 3.83. The lowest BCUT2D eigenvalue weighted by atomic mass is 10.0. The van der Waals surface area contributed by atoms with Gasteiger partial charge in [0.2, 0.25) is 5.91 Å². The van der Waals surface area contributed by atoms with E-state index in [9.17, 15) is 4.79 Å². The van der Waals surface area contributed by atoms with Gasteiger partial charge >= 0.3 is 0 Å². The van der Waals surface area contributed by atoms with Gasteiger partial charge in [-0.1, -0.05) is 42.5 Å². The molecule has 0 aliphatic carbocycles. The molecule has 0 radical (unpaired) electrons. The summed E-state index contributed by atoms with van der Waals surface area (Å²) in [5, 5.41) is 11.9. The van der Waals surface area contributed by atoms with Crippen molar-refractivity contribution in [2.75, 3.05) is 5.32 Å². The van der Waals surface area contributed by atoms with Crippen molar-refractivity contribution in [3.63, 3.8) is 0 Å². The van der Waals surface area contributed by atoms with Gasteiger partial charge in [0.25, 0.3) is 0 Å². The number of nitrogens with one attached hydrogen (secondary N) is 1. The molecule has 3 aromatic rings. The molecule has 1 atom stereocenters. The summed E-state index contributed by atoms with van der Waals surface area (Å²) in [6.45, 7) is 0. The first kappa shape index (κ1) is 16.9. The fourth-order valence-corrected chi connectivity index (χ4v) is 3.30. The van der Waals surface area contributed by atoms with Crippen molar-refractivity contribution >= 4 is 11.6 Å². The molecule has 132 valence electrons. The zero-order valence-corrected chi connectivity index (χ0v) is 14.7. The van der Waals surface area contributed by atoms with Crippen molar-refractivity contribution in [2.24, 2.45) is 0 Å². The summed E-state index contributed by atoms with van der Waals surface area (Å²) in [5.74, 6) is 0.680. The van der Waals surface area contributed by atoms with E-state index in [-0.39, 0.29) is 18.4 Å². The predicted octanol–water partition coefficient (Wildman–Crippen LogP) is 4.56. The van der Waals surface area contributed by atoms with Gasteiger partial charge in [-0.3, -0.25) is 4.79 Å². The number of hydrogen-bond acceptors (Lipinski definition) is 3. The number of carbonyl (C=O) groups is 1. The van der Waals surface area contributed by atoms with E-state index >= 15 is 0 Å². The third-order valence-corrected chi connectivity index (χ3v) is 4.62. The standard InChI is InChI=1S/C23H18N2O2/c24-15-16-6-11-22-19(12-16)13-21(27-22)14-23(26)25-20-9-7-18(8-10-20)17-4-2-1-3-5-17/h1-12,21H,13-14H2,(H,25,26). The molecule has 0 aromatic heterocycles. The van der Waals surface area contributed by atoms with Crippen LogP contribution in [0.1, 0.15) is 17.5 Å². The molecule has 1 unspecified atom stereocenters. The molecule has 0 saturated carbocycles. The number of benzene rings is 3. The molecule has 3 aromatic carbocycles. The van der Waals surface area contributed by atoms with Crippen LogP contribution in [0.4, 0.5) is 5.69 Å². The molecule has 0 fully saturated rings. The number of nitriles is 1. The molecular weight excluding hydrogens is 336 g/mol. The van der Waals surface area contributed by atoms with Crippen LogP contribution in [0.15, 0.2) is 72.8 Å². The molecule has 1 amide bonds. The first-order valence-electron chi connectivity index (χ1n) is 8.86. The van der Waals surface area contributed by atoms with Crippen LogP contribution in [0.25, 0.3) is 11.1 Å². The number of anilines is 1. The van der Waals surface area contributed by atoms with E-state index in [0.717, 1.165) is 28.1 Å². The number of carbonyl (C=O) groups excluding carboxylic acids is 1. The van der Waals surface area contributed by atoms with Crippen molar-refractivity contribution in [2.45, 2.75) is 18.9 Å². The van der Waals surface area contributed by atoms with Gasteiger partial charge in [0, 0.05) is 12.1 Å². The molecule has 27 heavy (non-hydrogen) atoms. The zero-order chi connectivity index (χ0) is 18.6. The fourth-order valence-electron chi connectivity index (χ4n) is 3.30. The SMILES string of the molecule is N#Cc1ccc2c(c1)CC(CC(=O)Nc1ccc(-c3ccccc3)cc1)O2. The first-order valence-corrected chi connectivity index (χ1v) is 8.86. The number of nitrogens with zero attached hydrogens (tertiary/aromatic N) is 1.